The zero-order valence-electron chi connectivity index (χ0n) is 21.0. The van der Waals surface area contributed by atoms with Gasteiger partial charge >= 0.3 is 0 Å². The Kier molecular flexibility index (Phi) is 9.80. The molecule has 1 fully saturated rings. The molecule has 192 valence electrons. The van der Waals surface area contributed by atoms with Crippen LogP contribution in [0.1, 0.15) is 37.7 Å². The molecule has 0 atom stereocenters. The predicted molar refractivity (Wildman–Crippen MR) is 138 cm³/mol. The van der Waals surface area contributed by atoms with Crippen LogP contribution in [0.15, 0.2) is 47.4 Å². The van der Waals surface area contributed by atoms with Crippen LogP contribution in [0.2, 0.25) is 0 Å². The van der Waals surface area contributed by atoms with Crippen LogP contribution in [-0.2, 0) is 14.8 Å². The third kappa shape index (κ3) is 7.35. The van der Waals surface area contributed by atoms with Crippen molar-refractivity contribution in [3.63, 3.8) is 0 Å². The summed E-state index contributed by atoms with van der Waals surface area (Å²) in [6.45, 7) is 5.27. The van der Waals surface area contributed by atoms with E-state index in [4.69, 9.17) is 9.47 Å². The van der Waals surface area contributed by atoms with E-state index >= 15 is 0 Å². The molecule has 2 aromatic rings. The average Bonchev–Trinajstić information content (AvgIpc) is 3.14. The molecule has 0 aliphatic carbocycles. The fraction of sp³-hybridized carbons (Fsp3) is 0.500. The summed E-state index contributed by atoms with van der Waals surface area (Å²) in [5.41, 5.74) is 1.42. The number of ether oxygens (including phenoxy) is 2. The molecule has 1 aliphatic rings. The van der Waals surface area contributed by atoms with Gasteiger partial charge in [0.25, 0.3) is 10.0 Å². The number of carbonyl (C=O) groups is 1. The quantitative estimate of drug-likeness (QED) is 0.472. The number of methoxy groups -OCH3 is 2. The zero-order valence-corrected chi connectivity index (χ0v) is 21.8. The van der Waals surface area contributed by atoms with Crippen LogP contribution in [0.4, 0.5) is 5.69 Å². The van der Waals surface area contributed by atoms with E-state index in [0.717, 1.165) is 35.9 Å². The molecular formula is C26H37N3O5S. The minimum atomic E-state index is -4.04. The van der Waals surface area contributed by atoms with Gasteiger partial charge in [-0.15, -0.1) is 0 Å². The van der Waals surface area contributed by atoms with E-state index < -0.39 is 10.0 Å². The summed E-state index contributed by atoms with van der Waals surface area (Å²) in [7, 11) is -1.11. The maximum atomic E-state index is 13.6. The van der Waals surface area contributed by atoms with Crippen LogP contribution in [0, 0.1) is 6.92 Å². The van der Waals surface area contributed by atoms with Crippen molar-refractivity contribution in [1.29, 1.82) is 0 Å². The van der Waals surface area contributed by atoms with Gasteiger partial charge in [0.2, 0.25) is 5.91 Å². The van der Waals surface area contributed by atoms with Crippen LogP contribution in [0.25, 0.3) is 0 Å². The Labute approximate surface area is 209 Å². The van der Waals surface area contributed by atoms with E-state index in [-0.39, 0.29) is 17.3 Å². The summed E-state index contributed by atoms with van der Waals surface area (Å²) >= 11 is 0. The zero-order chi connectivity index (χ0) is 25.3. The molecule has 1 saturated heterocycles. The lowest BCUT2D eigenvalue weighted by Crippen LogP contribution is -2.41. The van der Waals surface area contributed by atoms with Crippen LogP contribution < -0.4 is 19.1 Å². The number of aryl methyl sites for hydroxylation is 1. The van der Waals surface area contributed by atoms with E-state index in [9.17, 15) is 13.2 Å². The Morgan fingerprint density at radius 3 is 2.26 bits per heavy atom. The van der Waals surface area contributed by atoms with Gasteiger partial charge in [-0.25, -0.2) is 8.42 Å². The molecule has 35 heavy (non-hydrogen) atoms. The maximum Gasteiger partial charge on any atom is 0.264 e. The number of nitrogens with zero attached hydrogens (tertiary/aromatic N) is 2. The summed E-state index contributed by atoms with van der Waals surface area (Å²) in [4.78, 5) is 15.3. The van der Waals surface area contributed by atoms with E-state index in [1.165, 1.54) is 52.0 Å². The number of nitrogens with one attached hydrogen (secondary N) is 1. The Morgan fingerprint density at radius 2 is 1.63 bits per heavy atom. The molecule has 2 aromatic carbocycles. The van der Waals surface area contributed by atoms with Crippen molar-refractivity contribution >= 4 is 21.6 Å². The Balaban J connectivity index is 1.72. The second-order valence-electron chi connectivity index (χ2n) is 8.82. The highest BCUT2D eigenvalue weighted by Gasteiger charge is 2.28. The van der Waals surface area contributed by atoms with Gasteiger partial charge in [0.05, 0.1) is 24.8 Å². The molecule has 1 aliphatic heterocycles. The predicted octanol–water partition coefficient (Wildman–Crippen LogP) is 3.59. The molecule has 0 aromatic heterocycles. The summed E-state index contributed by atoms with van der Waals surface area (Å²) in [6.07, 6.45) is 5.86. The first kappa shape index (κ1) is 26.8. The second kappa shape index (κ2) is 12.8. The smallest absolute Gasteiger partial charge is 0.264 e. The van der Waals surface area contributed by atoms with Crippen molar-refractivity contribution in [1.82, 2.24) is 10.2 Å². The molecule has 1 heterocycles. The van der Waals surface area contributed by atoms with Crippen molar-refractivity contribution < 1.29 is 22.7 Å². The lowest BCUT2D eigenvalue weighted by atomic mass is 10.2. The molecule has 0 saturated carbocycles. The van der Waals surface area contributed by atoms with Crippen LogP contribution in [0.3, 0.4) is 0 Å². The minimum absolute atomic E-state index is 0.0182. The van der Waals surface area contributed by atoms with Crippen LogP contribution in [-0.4, -0.2) is 66.2 Å². The van der Waals surface area contributed by atoms with Gasteiger partial charge in [0.1, 0.15) is 6.54 Å². The summed E-state index contributed by atoms with van der Waals surface area (Å²) in [6, 6.07) is 11.5. The van der Waals surface area contributed by atoms with Gasteiger partial charge in [0.15, 0.2) is 11.5 Å². The molecule has 0 spiro atoms. The van der Waals surface area contributed by atoms with Gasteiger partial charge in [0, 0.05) is 12.6 Å². The summed E-state index contributed by atoms with van der Waals surface area (Å²) < 4.78 is 38.9. The first-order chi connectivity index (χ1) is 16.8. The van der Waals surface area contributed by atoms with Crippen molar-refractivity contribution in [3.05, 3.63) is 48.0 Å². The molecule has 8 nitrogen and oxygen atoms in total. The highest BCUT2D eigenvalue weighted by molar-refractivity contribution is 7.92. The molecule has 1 amide bonds. The molecule has 0 bridgehead atoms. The molecular weight excluding hydrogens is 466 g/mol. The highest BCUT2D eigenvalue weighted by atomic mass is 32.2. The van der Waals surface area contributed by atoms with Gasteiger partial charge in [-0.1, -0.05) is 30.5 Å². The molecule has 1 N–H and O–H groups in total. The Bertz CT molecular complexity index is 1060. The Morgan fingerprint density at radius 1 is 0.971 bits per heavy atom. The first-order valence-electron chi connectivity index (χ1n) is 12.2. The van der Waals surface area contributed by atoms with Crippen molar-refractivity contribution in [3.8, 4) is 11.5 Å². The number of anilines is 1. The number of amides is 1. The van der Waals surface area contributed by atoms with Crippen molar-refractivity contribution in [2.45, 2.75) is 43.9 Å². The summed E-state index contributed by atoms with van der Waals surface area (Å²) in [5.74, 6) is 0.386. The van der Waals surface area contributed by atoms with Gasteiger partial charge < -0.3 is 19.7 Å². The lowest BCUT2D eigenvalue weighted by molar-refractivity contribution is -0.119. The number of likely N-dealkylation sites (tertiary alicyclic amines) is 1. The first-order valence-corrected chi connectivity index (χ1v) is 13.6. The second-order valence-corrected chi connectivity index (χ2v) is 10.7. The Hall–Kier alpha value is -2.78. The monoisotopic (exact) mass is 503 g/mol. The number of hydrogen-bond donors (Lipinski definition) is 1. The number of benzene rings is 2. The molecule has 3 rings (SSSR count). The van der Waals surface area contributed by atoms with Crippen LogP contribution in [0.5, 0.6) is 11.5 Å². The lowest BCUT2D eigenvalue weighted by Gasteiger charge is -2.25. The number of hydrogen-bond acceptors (Lipinski definition) is 6. The average molecular weight is 504 g/mol. The third-order valence-electron chi connectivity index (χ3n) is 6.22. The number of rotatable bonds is 11. The fourth-order valence-electron chi connectivity index (χ4n) is 4.21. The van der Waals surface area contributed by atoms with Crippen molar-refractivity contribution in [2.75, 3.05) is 51.2 Å². The van der Waals surface area contributed by atoms with E-state index in [1.807, 2.05) is 19.1 Å². The highest BCUT2D eigenvalue weighted by Crippen LogP contribution is 2.32. The molecule has 0 radical (unpaired) electrons. The maximum absolute atomic E-state index is 13.6. The van der Waals surface area contributed by atoms with Gasteiger partial charge in [-0.05, 0) is 70.1 Å². The topological polar surface area (TPSA) is 88.2 Å². The van der Waals surface area contributed by atoms with E-state index in [1.54, 1.807) is 18.2 Å². The van der Waals surface area contributed by atoms with Crippen LogP contribution >= 0.6 is 0 Å². The normalized spacial score (nSPS) is 14.7. The largest absolute Gasteiger partial charge is 0.493 e. The molecule has 0 unspecified atom stereocenters. The fourth-order valence-corrected chi connectivity index (χ4v) is 5.64. The standard InChI is InChI=1S/C26H37N3O5S/c1-21-9-11-22(12-10-21)29(35(31,32)23-13-14-24(33-2)25(19-23)34-3)20-26(30)27-15-8-18-28-16-6-4-5-7-17-28/h9-14,19H,4-8,15-18,20H2,1-3H3,(H,27,30). The third-order valence-corrected chi connectivity index (χ3v) is 7.99. The summed E-state index contributed by atoms with van der Waals surface area (Å²) in [5, 5.41) is 2.90. The van der Waals surface area contributed by atoms with Gasteiger partial charge in [-0.3, -0.25) is 9.10 Å². The van der Waals surface area contributed by atoms with Crippen molar-refractivity contribution in [2.24, 2.45) is 0 Å². The SMILES string of the molecule is COc1ccc(S(=O)(=O)N(CC(=O)NCCCN2CCCCCC2)c2ccc(C)cc2)cc1OC. The molecule has 9 heteroatoms. The van der Waals surface area contributed by atoms with Gasteiger partial charge in [-0.2, -0.15) is 0 Å². The minimum Gasteiger partial charge on any atom is -0.493 e. The van der Waals surface area contributed by atoms with E-state index in [0.29, 0.717) is 23.7 Å². The number of sulfonamides is 1. The van der Waals surface area contributed by atoms with E-state index in [2.05, 4.69) is 10.2 Å². The number of carbonyl (C=O) groups excluding carboxylic acids is 1.